The summed E-state index contributed by atoms with van der Waals surface area (Å²) in [6.07, 6.45) is 5.77. The number of alkyl halides is 2. The van der Waals surface area contributed by atoms with Crippen molar-refractivity contribution in [1.29, 1.82) is 0 Å². The van der Waals surface area contributed by atoms with Gasteiger partial charge in [-0.15, -0.1) is 0 Å². The summed E-state index contributed by atoms with van der Waals surface area (Å²) in [7, 11) is 0. The normalized spacial score (nSPS) is 16.4. The Balaban J connectivity index is 1.49. The molecule has 0 bridgehead atoms. The number of amides is 1. The van der Waals surface area contributed by atoms with Gasteiger partial charge in [0.2, 0.25) is 0 Å². The zero-order chi connectivity index (χ0) is 26.2. The summed E-state index contributed by atoms with van der Waals surface area (Å²) < 4.78 is 41.8. The van der Waals surface area contributed by atoms with Gasteiger partial charge in [-0.05, 0) is 37.0 Å². The van der Waals surface area contributed by atoms with Crippen molar-refractivity contribution in [3.8, 4) is 11.5 Å². The molecule has 12 heteroatoms. The van der Waals surface area contributed by atoms with Crippen LogP contribution < -0.4 is 25.4 Å². The number of benzene rings is 1. The van der Waals surface area contributed by atoms with E-state index in [1.54, 1.807) is 18.5 Å². The minimum Gasteiger partial charge on any atom is -0.491 e. The third-order valence-corrected chi connectivity index (χ3v) is 6.62. The number of ether oxygens (including phenoxy) is 3. The van der Waals surface area contributed by atoms with Crippen molar-refractivity contribution in [2.45, 2.75) is 32.4 Å². The number of para-hydroxylation sites is 1. The minimum atomic E-state index is -3.08. The average Bonchev–Trinajstić information content (AvgIpc) is 2.89. The van der Waals surface area contributed by atoms with E-state index in [4.69, 9.17) is 33.3 Å². The molecule has 0 saturated carbocycles. The predicted molar refractivity (Wildman–Crippen MR) is 139 cm³/mol. The van der Waals surface area contributed by atoms with Crippen LogP contribution >= 0.6 is 23.8 Å². The van der Waals surface area contributed by atoms with E-state index in [-0.39, 0.29) is 32.9 Å². The number of anilines is 1. The maximum absolute atomic E-state index is 12.9. The Labute approximate surface area is 223 Å². The van der Waals surface area contributed by atoms with Crippen LogP contribution in [0.25, 0.3) is 0 Å². The zero-order valence-electron chi connectivity index (χ0n) is 19.9. The molecule has 3 heterocycles. The Morgan fingerprint density at radius 1 is 1.30 bits per heavy atom. The van der Waals surface area contributed by atoms with E-state index in [1.807, 2.05) is 6.07 Å². The highest BCUT2D eigenvalue weighted by molar-refractivity contribution is 7.81. The molecule has 1 saturated heterocycles. The number of hydrogen-bond donors (Lipinski definition) is 3. The Morgan fingerprint density at radius 3 is 2.89 bits per heavy atom. The van der Waals surface area contributed by atoms with E-state index in [9.17, 15) is 13.6 Å². The molecule has 2 aliphatic heterocycles. The molecule has 1 aromatic heterocycles. The van der Waals surface area contributed by atoms with Crippen molar-refractivity contribution >= 4 is 40.4 Å². The van der Waals surface area contributed by atoms with Crippen LogP contribution in [0.15, 0.2) is 47.9 Å². The number of carbonyl (C=O) groups is 1. The summed E-state index contributed by atoms with van der Waals surface area (Å²) >= 11 is 11.5. The van der Waals surface area contributed by atoms with E-state index in [0.29, 0.717) is 43.5 Å². The lowest BCUT2D eigenvalue weighted by Crippen LogP contribution is -2.39. The van der Waals surface area contributed by atoms with Gasteiger partial charge in [-0.25, -0.2) is 0 Å². The molecule has 2 aromatic rings. The van der Waals surface area contributed by atoms with Crippen molar-refractivity contribution in [3.63, 3.8) is 0 Å². The summed E-state index contributed by atoms with van der Waals surface area (Å²) in [6.45, 7) is -0.215. The van der Waals surface area contributed by atoms with Crippen molar-refractivity contribution in [1.82, 2.24) is 15.6 Å². The molecule has 0 atom stereocenters. The van der Waals surface area contributed by atoms with Crippen molar-refractivity contribution in [2.75, 3.05) is 31.7 Å². The molecule has 0 spiro atoms. The van der Waals surface area contributed by atoms with Gasteiger partial charge in [0.05, 0.1) is 29.1 Å². The van der Waals surface area contributed by atoms with Crippen LogP contribution in [-0.4, -0.2) is 48.9 Å². The van der Waals surface area contributed by atoms with Crippen LogP contribution in [0.1, 0.15) is 24.8 Å². The van der Waals surface area contributed by atoms with Gasteiger partial charge in [0.25, 0.3) is 5.91 Å². The fourth-order valence-corrected chi connectivity index (χ4v) is 4.62. The summed E-state index contributed by atoms with van der Waals surface area (Å²) in [6, 6.07) is 6.32. The molecule has 3 N–H and O–H groups in total. The number of halogens is 3. The van der Waals surface area contributed by atoms with Crippen LogP contribution in [0.3, 0.4) is 0 Å². The van der Waals surface area contributed by atoms with Crippen LogP contribution in [0.4, 0.5) is 14.5 Å². The van der Waals surface area contributed by atoms with E-state index >= 15 is 0 Å². The molecular formula is C25H27ClF2N4O4S. The highest BCUT2D eigenvalue weighted by Crippen LogP contribution is 2.35. The standard InChI is InChI=1S/C25H27ClF2N4O4S/c26-17-2-1-3-19(22(17)36-25(27)28)32-24(37)21-18(5-9-30-23(21)33)31-12-16-4-8-29-13-20(16)35-14-15-6-10-34-11-7-15/h1-4,8,13,15,25,31H,5-7,9-12,14H2,(H,30,33)(H,32,37). The lowest BCUT2D eigenvalue weighted by Gasteiger charge is -2.24. The Morgan fingerprint density at radius 2 is 2.11 bits per heavy atom. The fourth-order valence-electron chi connectivity index (χ4n) is 4.08. The smallest absolute Gasteiger partial charge is 0.387 e. The van der Waals surface area contributed by atoms with Gasteiger partial charge in [-0.1, -0.05) is 29.9 Å². The molecule has 1 amide bonds. The third kappa shape index (κ3) is 7.27. The Kier molecular flexibility index (Phi) is 9.48. The number of hydrogen-bond acceptors (Lipinski definition) is 7. The van der Waals surface area contributed by atoms with Gasteiger partial charge >= 0.3 is 6.61 Å². The van der Waals surface area contributed by atoms with E-state index < -0.39 is 6.61 Å². The number of nitrogens with one attached hydrogen (secondary N) is 3. The van der Waals surface area contributed by atoms with Crippen LogP contribution in [0.5, 0.6) is 11.5 Å². The first-order chi connectivity index (χ1) is 17.9. The fraction of sp³-hybridized carbons (Fsp3) is 0.400. The lowest BCUT2D eigenvalue weighted by atomic mass is 10.0. The lowest BCUT2D eigenvalue weighted by molar-refractivity contribution is -0.117. The molecule has 1 fully saturated rings. The number of carbonyl (C=O) groups excluding carboxylic acids is 1. The van der Waals surface area contributed by atoms with Crippen molar-refractivity contribution in [2.24, 2.45) is 5.92 Å². The van der Waals surface area contributed by atoms with Crippen LogP contribution in [-0.2, 0) is 16.1 Å². The summed E-state index contributed by atoms with van der Waals surface area (Å²) in [5.41, 5.74) is 1.83. The van der Waals surface area contributed by atoms with Gasteiger partial charge in [0.1, 0.15) is 10.7 Å². The maximum atomic E-state index is 12.9. The first-order valence-electron chi connectivity index (χ1n) is 11.9. The molecule has 2 aliphatic rings. The molecule has 0 unspecified atom stereocenters. The SMILES string of the molecule is O=C1NCCC(NCc2ccncc2OCC2CCOCC2)=C1C(=S)Nc1cccc(Cl)c1OC(F)F. The molecule has 37 heavy (non-hydrogen) atoms. The Hall–Kier alpha value is -3.02. The van der Waals surface area contributed by atoms with Gasteiger partial charge in [0, 0.05) is 50.2 Å². The van der Waals surface area contributed by atoms with E-state index in [1.165, 1.54) is 12.1 Å². The van der Waals surface area contributed by atoms with Crippen LogP contribution in [0.2, 0.25) is 5.02 Å². The largest absolute Gasteiger partial charge is 0.491 e. The second kappa shape index (κ2) is 13.0. The molecule has 8 nitrogen and oxygen atoms in total. The topological polar surface area (TPSA) is 93.7 Å². The van der Waals surface area contributed by atoms with Crippen molar-refractivity contribution in [3.05, 3.63) is 58.5 Å². The quantitative estimate of drug-likeness (QED) is 0.372. The summed E-state index contributed by atoms with van der Waals surface area (Å²) in [5.74, 6) is 0.462. The monoisotopic (exact) mass is 552 g/mol. The Bertz CT molecular complexity index is 1160. The van der Waals surface area contributed by atoms with E-state index in [0.717, 1.165) is 31.6 Å². The molecule has 198 valence electrons. The number of aromatic nitrogens is 1. The van der Waals surface area contributed by atoms with Crippen molar-refractivity contribution < 1.29 is 27.8 Å². The zero-order valence-corrected chi connectivity index (χ0v) is 21.5. The number of rotatable bonds is 10. The van der Waals surface area contributed by atoms with Gasteiger partial charge in [0.15, 0.2) is 5.75 Å². The highest BCUT2D eigenvalue weighted by atomic mass is 35.5. The summed E-state index contributed by atoms with van der Waals surface area (Å²) in [5, 5.41) is 8.90. The van der Waals surface area contributed by atoms with Crippen LogP contribution in [0, 0.1) is 5.92 Å². The molecule has 0 radical (unpaired) electrons. The second-order valence-corrected chi connectivity index (χ2v) is 9.33. The van der Waals surface area contributed by atoms with E-state index in [2.05, 4.69) is 25.7 Å². The average molecular weight is 553 g/mol. The first-order valence-corrected chi connectivity index (χ1v) is 12.6. The predicted octanol–water partition coefficient (Wildman–Crippen LogP) is 4.44. The summed E-state index contributed by atoms with van der Waals surface area (Å²) in [4.78, 5) is 17.0. The van der Waals surface area contributed by atoms with Gasteiger partial charge < -0.3 is 30.2 Å². The van der Waals surface area contributed by atoms with Gasteiger partial charge in [-0.3, -0.25) is 9.78 Å². The maximum Gasteiger partial charge on any atom is 0.387 e. The number of thiocarbonyl (C=S) groups is 1. The third-order valence-electron chi connectivity index (χ3n) is 6.02. The first kappa shape index (κ1) is 27.0. The number of pyridine rings is 1. The molecule has 0 aliphatic carbocycles. The highest BCUT2D eigenvalue weighted by Gasteiger charge is 2.26. The molecule has 1 aromatic carbocycles. The van der Waals surface area contributed by atoms with Gasteiger partial charge in [-0.2, -0.15) is 8.78 Å². The molecular weight excluding hydrogens is 526 g/mol. The molecule has 4 rings (SSSR count). The second-order valence-electron chi connectivity index (χ2n) is 8.51. The number of nitrogens with zero attached hydrogens (tertiary/aromatic N) is 1. The minimum absolute atomic E-state index is 0.0144.